The zero-order valence-electron chi connectivity index (χ0n) is 13.5. The molecular weight excluding hydrogens is 310 g/mol. The summed E-state index contributed by atoms with van der Waals surface area (Å²) in [6.45, 7) is 5.47. The molecule has 3 heterocycles. The Kier molecular flexibility index (Phi) is 4.79. The molecule has 1 amide bonds. The van der Waals surface area contributed by atoms with Crippen LogP contribution < -0.4 is 11.1 Å². The van der Waals surface area contributed by atoms with Crippen LogP contribution in [-0.4, -0.2) is 45.7 Å². The largest absolute Gasteiger partial charge is 0.353 e. The van der Waals surface area contributed by atoms with Crippen molar-refractivity contribution in [2.45, 2.75) is 44.9 Å². The second-order valence-corrected chi connectivity index (χ2v) is 7.51. The number of H-pyrrole nitrogens is 1. The number of nitrogens with one attached hydrogen (secondary N) is 2. The van der Waals surface area contributed by atoms with Gasteiger partial charge in [0.05, 0.1) is 16.6 Å². The Morgan fingerprint density at radius 1 is 1.52 bits per heavy atom. The van der Waals surface area contributed by atoms with Gasteiger partial charge in [0.1, 0.15) is 0 Å². The number of amides is 1. The van der Waals surface area contributed by atoms with Crippen LogP contribution in [0.1, 0.15) is 25.1 Å². The smallest absolute Gasteiger partial charge is 0.237 e. The molecule has 0 saturated carbocycles. The monoisotopic (exact) mass is 333 g/mol. The van der Waals surface area contributed by atoms with Crippen LogP contribution >= 0.6 is 11.3 Å². The van der Waals surface area contributed by atoms with Gasteiger partial charge in [-0.2, -0.15) is 5.10 Å². The average molecular weight is 333 g/mol. The number of carbonyl (C=O) groups is 1. The predicted molar refractivity (Wildman–Crippen MR) is 92.0 cm³/mol. The number of hydrogen-bond donors (Lipinski definition) is 3. The highest BCUT2D eigenvalue weighted by Crippen LogP contribution is 2.29. The van der Waals surface area contributed by atoms with E-state index in [0.29, 0.717) is 0 Å². The van der Waals surface area contributed by atoms with Crippen LogP contribution in [0.15, 0.2) is 24.4 Å². The highest BCUT2D eigenvalue weighted by atomic mass is 32.1. The van der Waals surface area contributed by atoms with E-state index in [9.17, 15) is 4.79 Å². The lowest BCUT2D eigenvalue weighted by Gasteiger charge is -2.23. The highest BCUT2D eigenvalue weighted by Gasteiger charge is 2.35. The van der Waals surface area contributed by atoms with Gasteiger partial charge in [-0.3, -0.25) is 14.8 Å². The third-order valence-electron chi connectivity index (χ3n) is 3.96. The molecule has 0 aromatic carbocycles. The molecule has 1 saturated heterocycles. The lowest BCUT2D eigenvalue weighted by Crippen LogP contribution is -2.45. The summed E-state index contributed by atoms with van der Waals surface area (Å²) >= 11 is 1.72. The minimum absolute atomic E-state index is 0.0601. The van der Waals surface area contributed by atoms with Crippen molar-refractivity contribution in [1.82, 2.24) is 20.4 Å². The number of aromatic amines is 1. The Bertz CT molecular complexity index is 651. The fourth-order valence-corrected chi connectivity index (χ4v) is 3.98. The van der Waals surface area contributed by atoms with E-state index in [-0.39, 0.29) is 24.0 Å². The third kappa shape index (κ3) is 3.80. The predicted octanol–water partition coefficient (Wildman–Crippen LogP) is 1.56. The summed E-state index contributed by atoms with van der Waals surface area (Å²) in [7, 11) is 0. The van der Waals surface area contributed by atoms with Crippen LogP contribution in [0, 0.1) is 0 Å². The van der Waals surface area contributed by atoms with E-state index in [2.05, 4.69) is 32.5 Å². The Hall–Kier alpha value is -1.70. The number of nitrogens with zero attached hydrogens (tertiary/aromatic N) is 2. The molecule has 7 heteroatoms. The molecule has 2 atom stereocenters. The molecular formula is C16H23N5OS. The van der Waals surface area contributed by atoms with Crippen molar-refractivity contribution in [3.63, 3.8) is 0 Å². The number of rotatable bonds is 5. The molecule has 3 rings (SSSR count). The first-order chi connectivity index (χ1) is 11.0. The first-order valence-corrected chi connectivity index (χ1v) is 8.73. The number of likely N-dealkylation sites (tertiary alicyclic amines) is 1. The molecule has 1 aliphatic heterocycles. The van der Waals surface area contributed by atoms with Gasteiger partial charge in [0.2, 0.25) is 5.91 Å². The lowest BCUT2D eigenvalue weighted by atomic mass is 10.1. The first kappa shape index (κ1) is 16.2. The van der Waals surface area contributed by atoms with Crippen molar-refractivity contribution in [2.24, 2.45) is 5.73 Å². The molecule has 0 spiro atoms. The van der Waals surface area contributed by atoms with Gasteiger partial charge >= 0.3 is 0 Å². The molecule has 0 radical (unpaired) electrons. The molecule has 0 unspecified atom stereocenters. The molecule has 23 heavy (non-hydrogen) atoms. The molecule has 124 valence electrons. The fraction of sp³-hybridized carbons (Fsp3) is 0.500. The Labute approximate surface area is 140 Å². The summed E-state index contributed by atoms with van der Waals surface area (Å²) in [6.07, 6.45) is 2.47. The van der Waals surface area contributed by atoms with Crippen LogP contribution in [0.4, 0.5) is 0 Å². The first-order valence-electron chi connectivity index (χ1n) is 7.91. The molecule has 0 aliphatic carbocycles. The van der Waals surface area contributed by atoms with E-state index in [4.69, 9.17) is 5.73 Å². The number of hydrogen-bond acceptors (Lipinski definition) is 5. The van der Waals surface area contributed by atoms with Crippen LogP contribution in [-0.2, 0) is 11.3 Å². The molecule has 1 aliphatic rings. The second-order valence-electron chi connectivity index (χ2n) is 6.34. The van der Waals surface area contributed by atoms with E-state index in [0.717, 1.165) is 30.1 Å². The van der Waals surface area contributed by atoms with Crippen molar-refractivity contribution >= 4 is 17.2 Å². The summed E-state index contributed by atoms with van der Waals surface area (Å²) in [5, 5.41) is 9.97. The summed E-state index contributed by atoms with van der Waals surface area (Å²) in [6, 6.07) is 6.24. The molecule has 1 fully saturated rings. The Balaban J connectivity index is 1.69. The maximum Gasteiger partial charge on any atom is 0.237 e. The quantitative estimate of drug-likeness (QED) is 0.775. The fourth-order valence-electron chi connectivity index (χ4n) is 2.97. The van der Waals surface area contributed by atoms with E-state index in [1.54, 1.807) is 17.5 Å². The standard InChI is InChI=1S/C16H23N5OS/c1-10(2)19-16(22)14-7-11(17)8-21(14)9-12-3-4-15(23-12)13-5-6-18-20-13/h3-6,10-11,14H,7-9,17H2,1-2H3,(H,18,20)(H,19,22)/t11-,14+/m1/s1. The maximum absolute atomic E-state index is 12.4. The molecule has 4 N–H and O–H groups in total. The zero-order valence-corrected chi connectivity index (χ0v) is 14.3. The minimum atomic E-state index is -0.134. The summed E-state index contributed by atoms with van der Waals surface area (Å²) in [5.74, 6) is 0.0818. The topological polar surface area (TPSA) is 87.0 Å². The highest BCUT2D eigenvalue weighted by molar-refractivity contribution is 7.15. The second kappa shape index (κ2) is 6.82. The van der Waals surface area contributed by atoms with E-state index in [1.165, 1.54) is 4.88 Å². The number of thiophene rings is 1. The average Bonchev–Trinajstić information content (AvgIpc) is 3.18. The molecule has 6 nitrogen and oxygen atoms in total. The van der Waals surface area contributed by atoms with Gasteiger partial charge in [-0.15, -0.1) is 11.3 Å². The SMILES string of the molecule is CC(C)NC(=O)[C@@H]1C[C@@H](N)CN1Cc1ccc(-c2ccn[nH]2)s1. The zero-order chi connectivity index (χ0) is 16.4. The van der Waals surface area contributed by atoms with Gasteiger partial charge in [-0.1, -0.05) is 0 Å². The van der Waals surface area contributed by atoms with Gasteiger partial charge in [0.25, 0.3) is 0 Å². The van der Waals surface area contributed by atoms with Gasteiger partial charge in [-0.25, -0.2) is 0 Å². The summed E-state index contributed by atoms with van der Waals surface area (Å²) in [5.41, 5.74) is 7.11. The Morgan fingerprint density at radius 3 is 3.04 bits per heavy atom. The molecule has 2 aromatic rings. The van der Waals surface area contributed by atoms with Crippen LogP contribution in [0.2, 0.25) is 0 Å². The van der Waals surface area contributed by atoms with Crippen molar-refractivity contribution in [2.75, 3.05) is 6.54 Å². The van der Waals surface area contributed by atoms with Gasteiger partial charge < -0.3 is 11.1 Å². The molecule has 0 bridgehead atoms. The van der Waals surface area contributed by atoms with Gasteiger partial charge in [0, 0.05) is 36.2 Å². The lowest BCUT2D eigenvalue weighted by molar-refractivity contribution is -0.126. The van der Waals surface area contributed by atoms with Crippen molar-refractivity contribution in [3.05, 3.63) is 29.3 Å². The van der Waals surface area contributed by atoms with Crippen molar-refractivity contribution in [1.29, 1.82) is 0 Å². The van der Waals surface area contributed by atoms with Crippen LogP contribution in [0.5, 0.6) is 0 Å². The number of aromatic nitrogens is 2. The minimum Gasteiger partial charge on any atom is -0.353 e. The van der Waals surface area contributed by atoms with Gasteiger partial charge in [0.15, 0.2) is 0 Å². The number of carbonyl (C=O) groups excluding carboxylic acids is 1. The van der Waals surface area contributed by atoms with E-state index < -0.39 is 0 Å². The Morgan fingerprint density at radius 2 is 2.35 bits per heavy atom. The van der Waals surface area contributed by atoms with E-state index in [1.807, 2.05) is 19.9 Å². The maximum atomic E-state index is 12.4. The summed E-state index contributed by atoms with van der Waals surface area (Å²) in [4.78, 5) is 16.9. The van der Waals surface area contributed by atoms with Crippen LogP contribution in [0.25, 0.3) is 10.6 Å². The van der Waals surface area contributed by atoms with Crippen molar-refractivity contribution in [3.8, 4) is 10.6 Å². The van der Waals surface area contributed by atoms with Gasteiger partial charge in [-0.05, 0) is 38.5 Å². The van der Waals surface area contributed by atoms with Crippen molar-refractivity contribution < 1.29 is 4.79 Å². The number of nitrogens with two attached hydrogens (primary N) is 1. The molecule has 2 aromatic heterocycles. The summed E-state index contributed by atoms with van der Waals surface area (Å²) < 4.78 is 0. The van der Waals surface area contributed by atoms with Crippen LogP contribution in [0.3, 0.4) is 0 Å². The normalized spacial score (nSPS) is 21.9. The van der Waals surface area contributed by atoms with E-state index >= 15 is 0 Å². The third-order valence-corrected chi connectivity index (χ3v) is 5.06.